The summed E-state index contributed by atoms with van der Waals surface area (Å²) >= 11 is 1.41. The molecule has 0 unspecified atom stereocenters. The van der Waals surface area contributed by atoms with Gasteiger partial charge in [-0.3, -0.25) is 9.59 Å². The zero-order valence-electron chi connectivity index (χ0n) is 11.8. The Kier molecular flexibility index (Phi) is 5.00. The molecule has 0 saturated heterocycles. The van der Waals surface area contributed by atoms with Crippen molar-refractivity contribution in [3.63, 3.8) is 0 Å². The first kappa shape index (κ1) is 15.1. The molecule has 0 atom stereocenters. The van der Waals surface area contributed by atoms with Crippen molar-refractivity contribution in [2.45, 2.75) is 9.79 Å². The lowest BCUT2D eigenvalue weighted by Crippen LogP contribution is -2.19. The van der Waals surface area contributed by atoms with Gasteiger partial charge in [-0.15, -0.1) is 0 Å². The molecule has 108 valence electrons. The van der Waals surface area contributed by atoms with E-state index < -0.39 is 0 Å². The van der Waals surface area contributed by atoms with Crippen LogP contribution in [-0.2, 0) is 0 Å². The standard InChI is InChI=1S/C16H16N2O2S/c1-17-15(19)11-7-3-5-9-13(11)21-14-10-6-4-8-12(14)16(20)18-2/h3-10H,1-2H3,(H,17,19)(H,18,20). The van der Waals surface area contributed by atoms with Crippen molar-refractivity contribution in [2.24, 2.45) is 0 Å². The number of hydrogen-bond acceptors (Lipinski definition) is 3. The van der Waals surface area contributed by atoms with Crippen LogP contribution in [-0.4, -0.2) is 25.9 Å². The van der Waals surface area contributed by atoms with E-state index in [1.165, 1.54) is 11.8 Å². The molecule has 0 aromatic heterocycles. The van der Waals surface area contributed by atoms with E-state index in [9.17, 15) is 9.59 Å². The van der Waals surface area contributed by atoms with Gasteiger partial charge in [-0.1, -0.05) is 36.0 Å². The third kappa shape index (κ3) is 3.44. The Morgan fingerprint density at radius 2 is 1.14 bits per heavy atom. The Balaban J connectivity index is 2.40. The molecule has 5 heteroatoms. The topological polar surface area (TPSA) is 58.2 Å². The Morgan fingerprint density at radius 3 is 1.52 bits per heavy atom. The summed E-state index contributed by atoms with van der Waals surface area (Å²) in [6, 6.07) is 14.7. The van der Waals surface area contributed by atoms with Crippen LogP contribution in [0.5, 0.6) is 0 Å². The molecule has 2 aromatic rings. The maximum atomic E-state index is 11.9. The van der Waals surface area contributed by atoms with Gasteiger partial charge in [0.05, 0.1) is 11.1 Å². The number of amides is 2. The maximum absolute atomic E-state index is 11.9. The summed E-state index contributed by atoms with van der Waals surface area (Å²) in [4.78, 5) is 25.4. The van der Waals surface area contributed by atoms with Crippen LogP contribution in [0.4, 0.5) is 0 Å². The van der Waals surface area contributed by atoms with E-state index in [4.69, 9.17) is 0 Å². The van der Waals surface area contributed by atoms with Crippen LogP contribution in [0.1, 0.15) is 20.7 Å². The van der Waals surface area contributed by atoms with Crippen molar-refractivity contribution in [1.82, 2.24) is 10.6 Å². The molecule has 0 spiro atoms. The van der Waals surface area contributed by atoms with Crippen LogP contribution in [0.3, 0.4) is 0 Å². The fraction of sp³-hybridized carbons (Fsp3) is 0.125. The predicted octanol–water partition coefficient (Wildman–Crippen LogP) is 2.56. The molecule has 2 N–H and O–H groups in total. The Hall–Kier alpha value is -2.27. The van der Waals surface area contributed by atoms with Gasteiger partial charge >= 0.3 is 0 Å². The fourth-order valence-electron chi connectivity index (χ4n) is 1.87. The largest absolute Gasteiger partial charge is 0.355 e. The third-order valence-electron chi connectivity index (χ3n) is 2.94. The molecule has 0 radical (unpaired) electrons. The first-order valence-electron chi connectivity index (χ1n) is 6.47. The van der Waals surface area contributed by atoms with E-state index in [2.05, 4.69) is 10.6 Å². The first-order valence-corrected chi connectivity index (χ1v) is 7.29. The van der Waals surface area contributed by atoms with Crippen molar-refractivity contribution in [3.8, 4) is 0 Å². The van der Waals surface area contributed by atoms with Crippen molar-refractivity contribution < 1.29 is 9.59 Å². The zero-order chi connectivity index (χ0) is 15.2. The van der Waals surface area contributed by atoms with Gasteiger partial charge in [0.1, 0.15) is 0 Å². The quantitative estimate of drug-likeness (QED) is 0.912. The molecule has 2 amide bonds. The summed E-state index contributed by atoms with van der Waals surface area (Å²) in [5.41, 5.74) is 1.19. The monoisotopic (exact) mass is 300 g/mol. The molecule has 0 saturated carbocycles. The number of rotatable bonds is 4. The molecule has 0 aliphatic carbocycles. The average molecular weight is 300 g/mol. The van der Waals surface area contributed by atoms with Gasteiger partial charge in [0, 0.05) is 23.9 Å². The minimum atomic E-state index is -0.143. The summed E-state index contributed by atoms with van der Waals surface area (Å²) < 4.78 is 0. The molecule has 4 nitrogen and oxygen atoms in total. The summed E-state index contributed by atoms with van der Waals surface area (Å²) in [6.07, 6.45) is 0. The molecule has 0 fully saturated rings. The minimum absolute atomic E-state index is 0.143. The number of nitrogens with one attached hydrogen (secondary N) is 2. The Labute approximate surface area is 127 Å². The van der Waals surface area contributed by atoms with E-state index in [1.807, 2.05) is 36.4 Å². The Bertz CT molecular complexity index is 613. The number of benzene rings is 2. The fourth-order valence-corrected chi connectivity index (χ4v) is 2.95. The van der Waals surface area contributed by atoms with Gasteiger partial charge in [0.2, 0.25) is 0 Å². The van der Waals surface area contributed by atoms with Crippen LogP contribution in [0, 0.1) is 0 Å². The summed E-state index contributed by atoms with van der Waals surface area (Å²) in [7, 11) is 3.20. The average Bonchev–Trinajstić information content (AvgIpc) is 2.54. The van der Waals surface area contributed by atoms with E-state index in [0.29, 0.717) is 11.1 Å². The maximum Gasteiger partial charge on any atom is 0.252 e. The molecule has 0 bridgehead atoms. The van der Waals surface area contributed by atoms with Gasteiger partial charge in [-0.05, 0) is 24.3 Å². The highest BCUT2D eigenvalue weighted by Crippen LogP contribution is 2.32. The van der Waals surface area contributed by atoms with Gasteiger partial charge in [0.15, 0.2) is 0 Å². The van der Waals surface area contributed by atoms with Crippen LogP contribution in [0.15, 0.2) is 58.3 Å². The van der Waals surface area contributed by atoms with Crippen LogP contribution in [0.25, 0.3) is 0 Å². The second-order valence-electron chi connectivity index (χ2n) is 4.25. The van der Waals surface area contributed by atoms with Crippen LogP contribution >= 0.6 is 11.8 Å². The molecule has 2 rings (SSSR count). The number of hydrogen-bond donors (Lipinski definition) is 2. The van der Waals surface area contributed by atoms with E-state index in [0.717, 1.165) is 9.79 Å². The molecule has 21 heavy (non-hydrogen) atoms. The Morgan fingerprint density at radius 1 is 0.762 bits per heavy atom. The zero-order valence-corrected chi connectivity index (χ0v) is 12.7. The second-order valence-corrected chi connectivity index (χ2v) is 5.34. The lowest BCUT2D eigenvalue weighted by atomic mass is 10.2. The second kappa shape index (κ2) is 6.95. The summed E-state index contributed by atoms with van der Waals surface area (Å²) in [6.45, 7) is 0. The predicted molar refractivity (Wildman–Crippen MR) is 83.8 cm³/mol. The molecule has 0 aliphatic rings. The molecule has 0 aliphatic heterocycles. The molecular weight excluding hydrogens is 284 g/mol. The van der Waals surface area contributed by atoms with Crippen molar-refractivity contribution in [1.29, 1.82) is 0 Å². The highest BCUT2D eigenvalue weighted by Gasteiger charge is 2.14. The molecule has 0 heterocycles. The van der Waals surface area contributed by atoms with Gasteiger partial charge in [-0.25, -0.2) is 0 Å². The first-order chi connectivity index (χ1) is 10.2. The van der Waals surface area contributed by atoms with Crippen LogP contribution in [0.2, 0.25) is 0 Å². The molecular formula is C16H16N2O2S. The smallest absolute Gasteiger partial charge is 0.252 e. The van der Waals surface area contributed by atoms with Gasteiger partial charge in [-0.2, -0.15) is 0 Å². The van der Waals surface area contributed by atoms with Crippen molar-refractivity contribution in [2.75, 3.05) is 14.1 Å². The normalized spacial score (nSPS) is 10.0. The highest BCUT2D eigenvalue weighted by molar-refractivity contribution is 7.99. The summed E-state index contributed by atoms with van der Waals surface area (Å²) in [5, 5.41) is 5.25. The van der Waals surface area contributed by atoms with Crippen molar-refractivity contribution in [3.05, 3.63) is 59.7 Å². The molecule has 2 aromatic carbocycles. The lowest BCUT2D eigenvalue weighted by molar-refractivity contribution is 0.0953. The number of carbonyl (C=O) groups is 2. The van der Waals surface area contributed by atoms with Gasteiger partial charge < -0.3 is 10.6 Å². The number of carbonyl (C=O) groups excluding carboxylic acids is 2. The SMILES string of the molecule is CNC(=O)c1ccccc1Sc1ccccc1C(=O)NC. The minimum Gasteiger partial charge on any atom is -0.355 e. The highest BCUT2D eigenvalue weighted by atomic mass is 32.2. The van der Waals surface area contributed by atoms with Crippen LogP contribution < -0.4 is 10.6 Å². The van der Waals surface area contributed by atoms with E-state index in [-0.39, 0.29) is 11.8 Å². The van der Waals surface area contributed by atoms with E-state index >= 15 is 0 Å². The van der Waals surface area contributed by atoms with Crippen molar-refractivity contribution >= 4 is 23.6 Å². The van der Waals surface area contributed by atoms with E-state index in [1.54, 1.807) is 26.2 Å². The van der Waals surface area contributed by atoms with Gasteiger partial charge in [0.25, 0.3) is 11.8 Å². The third-order valence-corrected chi connectivity index (χ3v) is 4.09. The lowest BCUT2D eigenvalue weighted by Gasteiger charge is -2.10. The summed E-state index contributed by atoms with van der Waals surface area (Å²) in [5.74, 6) is -0.286.